The zero-order valence-corrected chi connectivity index (χ0v) is 13.6. The third-order valence-electron chi connectivity index (χ3n) is 4.85. The predicted octanol–water partition coefficient (Wildman–Crippen LogP) is 1.18. The summed E-state index contributed by atoms with van der Waals surface area (Å²) in [5, 5.41) is 10.3. The van der Waals surface area contributed by atoms with Gasteiger partial charge in [-0.25, -0.2) is 8.42 Å². The molecule has 2 fully saturated rings. The molecule has 21 heavy (non-hydrogen) atoms. The predicted molar refractivity (Wildman–Crippen MR) is 80.6 cm³/mol. The molecule has 1 atom stereocenters. The van der Waals surface area contributed by atoms with Gasteiger partial charge < -0.3 is 5.32 Å². The number of aromatic amines is 1. The normalized spacial score (nSPS) is 28.1. The summed E-state index contributed by atoms with van der Waals surface area (Å²) in [6.45, 7) is 6.75. The standard InChI is InChI=1S/C14H24N4O2S/c1-11-13(12(2)17-16-11)21(19,20)18-8-4-6-14(10-18)5-3-7-15-9-14/h15H,3-10H2,1-2H3,(H,16,17). The van der Waals surface area contributed by atoms with Crippen molar-refractivity contribution < 1.29 is 8.42 Å². The summed E-state index contributed by atoms with van der Waals surface area (Å²) >= 11 is 0. The fourth-order valence-corrected chi connectivity index (χ4v) is 5.72. The number of hydrogen-bond donors (Lipinski definition) is 2. The number of aromatic nitrogens is 2. The summed E-state index contributed by atoms with van der Waals surface area (Å²) in [6, 6.07) is 0. The Morgan fingerprint density at radius 3 is 2.62 bits per heavy atom. The summed E-state index contributed by atoms with van der Waals surface area (Å²) in [5.74, 6) is 0. The third-order valence-corrected chi connectivity index (χ3v) is 6.95. The van der Waals surface area contributed by atoms with Gasteiger partial charge in [0, 0.05) is 19.6 Å². The lowest BCUT2D eigenvalue weighted by molar-refractivity contribution is 0.110. The van der Waals surface area contributed by atoms with E-state index in [4.69, 9.17) is 0 Å². The van der Waals surface area contributed by atoms with E-state index in [1.807, 2.05) is 0 Å². The van der Waals surface area contributed by atoms with E-state index >= 15 is 0 Å². The van der Waals surface area contributed by atoms with Gasteiger partial charge in [-0.15, -0.1) is 0 Å². The van der Waals surface area contributed by atoms with Gasteiger partial charge in [-0.1, -0.05) is 0 Å². The van der Waals surface area contributed by atoms with Crippen molar-refractivity contribution >= 4 is 10.0 Å². The molecule has 0 amide bonds. The molecule has 1 aromatic heterocycles. The van der Waals surface area contributed by atoms with Crippen molar-refractivity contribution in [3.63, 3.8) is 0 Å². The SMILES string of the molecule is Cc1n[nH]c(C)c1S(=O)(=O)N1CCCC2(CCCNC2)C1. The number of H-pyrrole nitrogens is 1. The Bertz CT molecular complexity index is 592. The van der Waals surface area contributed by atoms with Crippen LogP contribution in [0.25, 0.3) is 0 Å². The molecule has 1 unspecified atom stereocenters. The maximum Gasteiger partial charge on any atom is 0.246 e. The summed E-state index contributed by atoms with van der Waals surface area (Å²) in [4.78, 5) is 0.364. The van der Waals surface area contributed by atoms with Crippen molar-refractivity contribution in [1.82, 2.24) is 19.8 Å². The Hall–Kier alpha value is -0.920. The number of piperidine rings is 2. The van der Waals surface area contributed by atoms with Crippen LogP contribution in [0.4, 0.5) is 0 Å². The summed E-state index contributed by atoms with van der Waals surface area (Å²) in [5.41, 5.74) is 1.32. The van der Waals surface area contributed by atoms with Crippen molar-refractivity contribution in [3.8, 4) is 0 Å². The van der Waals surface area contributed by atoms with E-state index in [0.717, 1.165) is 38.8 Å². The first-order valence-corrected chi connectivity index (χ1v) is 9.11. The Morgan fingerprint density at radius 2 is 2.00 bits per heavy atom. The van der Waals surface area contributed by atoms with E-state index in [2.05, 4.69) is 15.5 Å². The minimum atomic E-state index is -3.44. The topological polar surface area (TPSA) is 78.1 Å². The molecule has 1 spiro atoms. The highest BCUT2D eigenvalue weighted by Gasteiger charge is 2.41. The van der Waals surface area contributed by atoms with Gasteiger partial charge >= 0.3 is 0 Å². The molecule has 1 aromatic rings. The number of hydrogen-bond acceptors (Lipinski definition) is 4. The molecule has 0 saturated carbocycles. The maximum absolute atomic E-state index is 13.0. The molecule has 2 N–H and O–H groups in total. The molecule has 0 aromatic carbocycles. The van der Waals surface area contributed by atoms with E-state index in [-0.39, 0.29) is 5.41 Å². The van der Waals surface area contributed by atoms with Crippen molar-refractivity contribution in [1.29, 1.82) is 0 Å². The fourth-order valence-electron chi connectivity index (χ4n) is 3.80. The molecule has 3 rings (SSSR count). The van der Waals surface area contributed by atoms with Crippen LogP contribution >= 0.6 is 0 Å². The number of aryl methyl sites for hydroxylation is 2. The molecule has 7 heteroatoms. The second-order valence-electron chi connectivity index (χ2n) is 6.49. The van der Waals surface area contributed by atoms with Crippen LogP contribution in [-0.4, -0.2) is 49.1 Å². The third kappa shape index (κ3) is 2.62. The van der Waals surface area contributed by atoms with Crippen LogP contribution in [0.15, 0.2) is 4.90 Å². The molecule has 2 aliphatic heterocycles. The molecule has 0 radical (unpaired) electrons. The van der Waals surface area contributed by atoms with E-state index < -0.39 is 10.0 Å². The Morgan fingerprint density at radius 1 is 1.24 bits per heavy atom. The smallest absolute Gasteiger partial charge is 0.246 e. The van der Waals surface area contributed by atoms with Crippen LogP contribution in [0, 0.1) is 19.3 Å². The van der Waals surface area contributed by atoms with Crippen LogP contribution in [-0.2, 0) is 10.0 Å². The van der Waals surface area contributed by atoms with Crippen molar-refractivity contribution in [3.05, 3.63) is 11.4 Å². The minimum Gasteiger partial charge on any atom is -0.316 e. The van der Waals surface area contributed by atoms with Crippen LogP contribution in [0.3, 0.4) is 0 Å². The number of sulfonamides is 1. The first kappa shape index (κ1) is 15.0. The maximum atomic E-state index is 13.0. The minimum absolute atomic E-state index is 0.120. The van der Waals surface area contributed by atoms with Gasteiger partial charge in [0.1, 0.15) is 4.90 Å². The second kappa shape index (κ2) is 5.37. The molecule has 0 bridgehead atoms. The van der Waals surface area contributed by atoms with Gasteiger partial charge in [0.2, 0.25) is 10.0 Å². The molecule has 2 aliphatic rings. The Kier molecular flexibility index (Phi) is 3.83. The van der Waals surface area contributed by atoms with E-state index in [1.165, 1.54) is 0 Å². The van der Waals surface area contributed by atoms with Gasteiger partial charge in [0.25, 0.3) is 0 Å². The van der Waals surface area contributed by atoms with Crippen LogP contribution in [0.2, 0.25) is 0 Å². The lowest BCUT2D eigenvalue weighted by Crippen LogP contribution is -2.52. The lowest BCUT2D eigenvalue weighted by Gasteiger charge is -2.44. The van der Waals surface area contributed by atoms with Crippen molar-refractivity contribution in [2.45, 2.75) is 44.4 Å². The van der Waals surface area contributed by atoms with E-state index in [9.17, 15) is 8.42 Å². The number of nitrogens with zero attached hydrogens (tertiary/aromatic N) is 2. The van der Waals surface area contributed by atoms with Gasteiger partial charge in [-0.2, -0.15) is 9.40 Å². The highest BCUT2D eigenvalue weighted by atomic mass is 32.2. The molecule has 3 heterocycles. The highest BCUT2D eigenvalue weighted by Crippen LogP contribution is 2.38. The average Bonchev–Trinajstić information content (AvgIpc) is 2.79. The molecule has 118 valence electrons. The second-order valence-corrected chi connectivity index (χ2v) is 8.36. The van der Waals surface area contributed by atoms with Crippen molar-refractivity contribution in [2.75, 3.05) is 26.2 Å². The van der Waals surface area contributed by atoms with Crippen LogP contribution in [0.1, 0.15) is 37.1 Å². The molecule has 6 nitrogen and oxygen atoms in total. The number of rotatable bonds is 2. The van der Waals surface area contributed by atoms with Crippen molar-refractivity contribution in [2.24, 2.45) is 5.41 Å². The van der Waals surface area contributed by atoms with Crippen LogP contribution < -0.4 is 5.32 Å². The largest absolute Gasteiger partial charge is 0.316 e. The van der Waals surface area contributed by atoms with Gasteiger partial charge in [-0.05, 0) is 51.5 Å². The summed E-state index contributed by atoms with van der Waals surface area (Å²) in [7, 11) is -3.44. The average molecular weight is 312 g/mol. The summed E-state index contributed by atoms with van der Waals surface area (Å²) < 4.78 is 27.6. The van der Waals surface area contributed by atoms with Gasteiger partial charge in [0.05, 0.1) is 11.4 Å². The Labute approximate surface area is 126 Å². The fraction of sp³-hybridized carbons (Fsp3) is 0.786. The quantitative estimate of drug-likeness (QED) is 0.859. The first-order valence-electron chi connectivity index (χ1n) is 7.67. The first-order chi connectivity index (χ1) is 9.95. The molecule has 0 aliphatic carbocycles. The van der Waals surface area contributed by atoms with Crippen LogP contribution in [0.5, 0.6) is 0 Å². The number of nitrogens with one attached hydrogen (secondary N) is 2. The zero-order chi connectivity index (χ0) is 15.1. The molecular formula is C14H24N4O2S. The zero-order valence-electron chi connectivity index (χ0n) is 12.8. The van der Waals surface area contributed by atoms with E-state index in [0.29, 0.717) is 29.4 Å². The molecular weight excluding hydrogens is 288 g/mol. The molecule has 2 saturated heterocycles. The van der Waals surface area contributed by atoms with E-state index in [1.54, 1.807) is 18.2 Å². The summed E-state index contributed by atoms with van der Waals surface area (Å²) in [6.07, 6.45) is 4.32. The Balaban J connectivity index is 1.89. The monoisotopic (exact) mass is 312 g/mol. The van der Waals surface area contributed by atoms with Gasteiger partial charge in [0.15, 0.2) is 0 Å². The highest BCUT2D eigenvalue weighted by molar-refractivity contribution is 7.89. The van der Waals surface area contributed by atoms with Gasteiger partial charge in [-0.3, -0.25) is 5.10 Å². The lowest BCUT2D eigenvalue weighted by atomic mass is 9.75.